The van der Waals surface area contributed by atoms with Gasteiger partial charge in [0.2, 0.25) is 5.75 Å². The quantitative estimate of drug-likeness (QED) is 0.0537. The predicted octanol–water partition coefficient (Wildman–Crippen LogP) is 12.7. The van der Waals surface area contributed by atoms with Gasteiger partial charge in [0.05, 0.1) is 23.3 Å². The summed E-state index contributed by atoms with van der Waals surface area (Å²) in [7, 11) is 0. The van der Waals surface area contributed by atoms with Crippen LogP contribution in [0, 0.1) is 27.9 Å². The fraction of sp³-hybridized carbons (Fsp3) is 0.288. The van der Waals surface area contributed by atoms with Crippen LogP contribution in [-0.2, 0) is 33.3 Å². The van der Waals surface area contributed by atoms with Crippen molar-refractivity contribution >= 4 is 40.5 Å². The molecule has 0 aliphatic carbocycles. The Morgan fingerprint density at radius 1 is 0.547 bits per heavy atom. The van der Waals surface area contributed by atoms with Crippen molar-refractivity contribution in [2.24, 2.45) is 0 Å². The molecule has 0 spiro atoms. The second-order valence-corrected chi connectivity index (χ2v) is 20.7. The first kappa shape index (κ1) is 48.4. The standard InChI is InChI=1S/C51H50N5O3.CHCl3.Cu/c1-11-59-48-45-41-29-28-39(54-41)43(31-14-20-34(21-15-31)50(5,6)7)37-25-24-36(52-37)42(30-12-18-33(19-13-30)49(2,3)4)38-26-27-40(53-38)44(46(55-45)47(48)56(57)58)32-16-22-35(23-17-32)51(8,9)10;2-1(3)4;/h12-29H,11H2,1-10H3;1H;/q-1;;+1. The smallest absolute Gasteiger partial charge is 0.644 e. The largest absolute Gasteiger partial charge is 1.00 e. The SMILES string of the molecule is CCOc1c2[n-]c(c1[N+](=O)[O-])[C+](c1ccc(C(C)(C)C)cc1)c1ccc([n-]1)[C+](c1ccc(C(C)(C)C)cc1)c1ccc([n-]1)[C+](c1ccc(C(C)(C)C)cc1)c1ccc-2[n-]1.ClC(Cl)Cl.[Cu+]. The number of alkyl halides is 3. The fourth-order valence-corrected chi connectivity index (χ4v) is 7.82. The third-order valence-electron chi connectivity index (χ3n) is 11.1. The van der Waals surface area contributed by atoms with Gasteiger partial charge in [-0.05, 0) is 111 Å². The zero-order valence-electron chi connectivity index (χ0n) is 37.6. The van der Waals surface area contributed by atoms with E-state index in [2.05, 4.69) is 123 Å². The van der Waals surface area contributed by atoms with Crippen molar-refractivity contribution in [1.29, 1.82) is 0 Å². The Hall–Kier alpha value is -5.02. The number of rotatable bonds is 6. The summed E-state index contributed by atoms with van der Waals surface area (Å²) < 4.78 is 5.39. The van der Waals surface area contributed by atoms with E-state index >= 15 is 0 Å². The summed E-state index contributed by atoms with van der Waals surface area (Å²) in [6.45, 7) is 21.7. The number of fused-ring (bicyclic) bond motifs is 9. The third-order valence-corrected chi connectivity index (χ3v) is 11.1. The molecule has 7 aromatic rings. The van der Waals surface area contributed by atoms with Gasteiger partial charge in [0.1, 0.15) is 4.92 Å². The van der Waals surface area contributed by atoms with Crippen LogP contribution >= 0.6 is 34.8 Å². The molecule has 0 N–H and O–H groups in total. The molecule has 0 saturated carbocycles. The van der Waals surface area contributed by atoms with Crippen molar-refractivity contribution in [1.82, 2.24) is 19.9 Å². The van der Waals surface area contributed by atoms with E-state index in [4.69, 9.17) is 59.5 Å². The van der Waals surface area contributed by atoms with Gasteiger partial charge in [-0.3, -0.25) is 10.1 Å². The number of hydrogen-bond acceptors (Lipinski definition) is 3. The van der Waals surface area contributed by atoms with Gasteiger partial charge in [-0.25, -0.2) is 0 Å². The van der Waals surface area contributed by atoms with Crippen molar-refractivity contribution in [2.45, 2.75) is 89.8 Å². The van der Waals surface area contributed by atoms with Crippen LogP contribution in [-0.4, -0.2) is 15.8 Å². The Balaban J connectivity index is 0.00000131. The normalized spacial score (nSPS) is 12.9. The monoisotopic (exact) mass is 961 g/mol. The van der Waals surface area contributed by atoms with E-state index in [-0.39, 0.29) is 57.1 Å². The molecule has 0 fully saturated rings. The third kappa shape index (κ3) is 10.1. The maximum absolute atomic E-state index is 13.3. The number of hydrogen-bond donors (Lipinski definition) is 0. The van der Waals surface area contributed by atoms with Crippen LogP contribution < -0.4 is 24.7 Å². The minimum absolute atomic E-state index is 0. The second kappa shape index (κ2) is 18.8. The first-order valence-electron chi connectivity index (χ1n) is 20.9. The maximum Gasteiger partial charge on any atom is 1.00 e. The number of nitrogens with zero attached hydrogens (tertiary/aromatic N) is 5. The van der Waals surface area contributed by atoms with E-state index in [1.807, 2.05) is 55.5 Å². The number of nitro groups is 1. The Labute approximate surface area is 402 Å². The van der Waals surface area contributed by atoms with Crippen LogP contribution in [0.3, 0.4) is 0 Å². The average Bonchev–Trinajstić information content (AvgIpc) is 4.03. The van der Waals surface area contributed by atoms with Gasteiger partial charge in [-0.2, -0.15) is 0 Å². The van der Waals surface area contributed by atoms with Crippen LogP contribution in [0.15, 0.2) is 109 Å². The molecule has 8 rings (SSSR count). The number of benzene rings is 3. The van der Waals surface area contributed by atoms with Crippen molar-refractivity contribution in [3.05, 3.63) is 205 Å². The molecule has 5 heterocycles. The van der Waals surface area contributed by atoms with Gasteiger partial charge in [-0.15, -0.1) is 5.69 Å². The van der Waals surface area contributed by atoms with Crippen LogP contribution in [0.1, 0.15) is 137 Å². The Morgan fingerprint density at radius 2 is 0.875 bits per heavy atom. The van der Waals surface area contributed by atoms with E-state index in [1.54, 1.807) is 0 Å². The van der Waals surface area contributed by atoms with Crippen LogP contribution in [0.2, 0.25) is 0 Å². The molecule has 4 aromatic heterocycles. The molecule has 12 heteroatoms. The van der Waals surface area contributed by atoms with Gasteiger partial charge in [0.15, 0.2) is 4.30 Å². The number of ether oxygens (including phenoxy) is 1. The summed E-state index contributed by atoms with van der Waals surface area (Å²) in [5, 5.41) is 13.3. The summed E-state index contributed by atoms with van der Waals surface area (Å²) in [4.78, 5) is 33.8. The van der Waals surface area contributed by atoms with E-state index in [1.165, 1.54) is 11.1 Å². The summed E-state index contributed by atoms with van der Waals surface area (Å²) in [5.41, 5.74) is 10.2. The predicted molar refractivity (Wildman–Crippen MR) is 254 cm³/mol. The van der Waals surface area contributed by atoms with Crippen molar-refractivity contribution in [2.75, 3.05) is 6.61 Å². The van der Waals surface area contributed by atoms with E-state index < -0.39 is 9.22 Å². The summed E-state index contributed by atoms with van der Waals surface area (Å²) >= 11 is 14.4. The van der Waals surface area contributed by atoms with Crippen LogP contribution in [0.25, 0.3) is 11.4 Å². The maximum atomic E-state index is 13.3. The molecule has 8 nitrogen and oxygen atoms in total. The van der Waals surface area contributed by atoms with Gasteiger partial charge in [0.25, 0.3) is 0 Å². The molecule has 8 bridgehead atoms. The van der Waals surface area contributed by atoms with Gasteiger partial charge >= 0.3 is 22.8 Å². The molecule has 0 unspecified atom stereocenters. The first-order valence-corrected chi connectivity index (χ1v) is 22.2. The van der Waals surface area contributed by atoms with Crippen LogP contribution in [0.5, 0.6) is 5.75 Å². The minimum atomic E-state index is -0.750. The minimum Gasteiger partial charge on any atom is -0.644 e. The molecule has 0 atom stereocenters. The number of aromatic nitrogens is 4. The van der Waals surface area contributed by atoms with Crippen molar-refractivity contribution < 1.29 is 26.7 Å². The summed E-state index contributed by atoms with van der Waals surface area (Å²) in [5.74, 6) is 2.29. The molecule has 334 valence electrons. The van der Waals surface area contributed by atoms with Crippen LogP contribution in [0.4, 0.5) is 5.69 Å². The van der Waals surface area contributed by atoms with Gasteiger partial charge < -0.3 is 24.7 Å². The number of halogens is 3. The Morgan fingerprint density at radius 3 is 1.22 bits per heavy atom. The molecule has 1 aliphatic heterocycles. The molecule has 0 radical (unpaired) electrons. The van der Waals surface area contributed by atoms with Crippen molar-refractivity contribution in [3.63, 3.8) is 0 Å². The zero-order chi connectivity index (χ0) is 45.6. The summed E-state index contributed by atoms with van der Waals surface area (Å²) in [6, 6.07) is 37.1. The molecule has 0 saturated heterocycles. The van der Waals surface area contributed by atoms with Gasteiger partial charge in [-0.1, -0.05) is 109 Å². The van der Waals surface area contributed by atoms with E-state index in [9.17, 15) is 10.1 Å². The summed E-state index contributed by atoms with van der Waals surface area (Å²) in [6.07, 6.45) is 0. The van der Waals surface area contributed by atoms with E-state index in [0.29, 0.717) is 34.4 Å². The molecule has 0 amide bonds. The van der Waals surface area contributed by atoms with Gasteiger partial charge in [0, 0.05) is 84.1 Å². The first-order chi connectivity index (χ1) is 29.6. The fourth-order valence-electron chi connectivity index (χ4n) is 7.82. The molecular formula is C52H51Cl3CuN5O3. The molecule has 3 aromatic carbocycles. The Kier molecular flexibility index (Phi) is 14.3. The zero-order valence-corrected chi connectivity index (χ0v) is 40.8. The second-order valence-electron chi connectivity index (χ2n) is 18.7. The molecular weight excluding hydrogens is 913 g/mol. The average molecular weight is 964 g/mol. The van der Waals surface area contributed by atoms with E-state index in [0.717, 1.165) is 45.5 Å². The molecule has 1 aliphatic rings. The molecule has 64 heavy (non-hydrogen) atoms. The van der Waals surface area contributed by atoms with Crippen molar-refractivity contribution in [3.8, 4) is 17.1 Å². The Bertz CT molecular complexity index is 2670. The topological polar surface area (TPSA) is 109 Å².